The predicted octanol–water partition coefficient (Wildman–Crippen LogP) is 2.68. The fourth-order valence-electron chi connectivity index (χ4n) is 3.00. The molecule has 29 heavy (non-hydrogen) atoms. The zero-order valence-corrected chi connectivity index (χ0v) is 16.9. The summed E-state index contributed by atoms with van der Waals surface area (Å²) in [4.78, 5) is 25.9. The number of hydrogen-bond acceptors (Lipinski definition) is 4. The molecule has 8 heteroatoms. The van der Waals surface area contributed by atoms with Gasteiger partial charge in [0, 0.05) is 36.8 Å². The molecule has 1 fully saturated rings. The molecule has 0 atom stereocenters. The van der Waals surface area contributed by atoms with Crippen molar-refractivity contribution < 1.29 is 18.0 Å². The van der Waals surface area contributed by atoms with Gasteiger partial charge < -0.3 is 10.2 Å². The van der Waals surface area contributed by atoms with Gasteiger partial charge in [-0.1, -0.05) is 36.4 Å². The van der Waals surface area contributed by atoms with Gasteiger partial charge in [0.25, 0.3) is 0 Å². The minimum atomic E-state index is -3.74. The van der Waals surface area contributed by atoms with Crippen molar-refractivity contribution in [2.24, 2.45) is 0 Å². The molecule has 2 aromatic rings. The number of carbonyl (C=O) groups excluding carboxylic acids is 2. The van der Waals surface area contributed by atoms with E-state index in [0.717, 1.165) is 27.4 Å². The van der Waals surface area contributed by atoms with Gasteiger partial charge in [-0.05, 0) is 36.3 Å². The zero-order chi connectivity index (χ0) is 20.9. The van der Waals surface area contributed by atoms with Crippen molar-refractivity contribution in [1.29, 1.82) is 0 Å². The van der Waals surface area contributed by atoms with Crippen molar-refractivity contribution in [3.63, 3.8) is 0 Å². The molecule has 0 aliphatic carbocycles. The SMILES string of the molecule is CN(CC(=O)Nc1cccc(N2CCCC2=O)c1)S(=O)(=O)/C=C/c1ccccc1. The van der Waals surface area contributed by atoms with Crippen molar-refractivity contribution in [3.05, 3.63) is 65.6 Å². The molecule has 1 N–H and O–H groups in total. The average molecular weight is 413 g/mol. The highest BCUT2D eigenvalue weighted by Crippen LogP contribution is 2.24. The van der Waals surface area contributed by atoms with Crippen molar-refractivity contribution in [3.8, 4) is 0 Å². The summed E-state index contributed by atoms with van der Waals surface area (Å²) >= 11 is 0. The third-order valence-corrected chi connectivity index (χ3v) is 6.03. The number of benzene rings is 2. The minimum absolute atomic E-state index is 0.0597. The second-order valence-corrected chi connectivity index (χ2v) is 8.69. The molecule has 152 valence electrons. The summed E-state index contributed by atoms with van der Waals surface area (Å²) in [6, 6.07) is 16.0. The highest BCUT2D eigenvalue weighted by molar-refractivity contribution is 7.92. The highest BCUT2D eigenvalue weighted by atomic mass is 32.2. The number of sulfonamides is 1. The Morgan fingerprint density at radius 2 is 1.93 bits per heavy atom. The smallest absolute Gasteiger partial charge is 0.239 e. The Balaban J connectivity index is 1.61. The molecule has 0 bridgehead atoms. The van der Waals surface area contributed by atoms with Gasteiger partial charge in [0.1, 0.15) is 0 Å². The molecule has 0 saturated carbocycles. The van der Waals surface area contributed by atoms with Crippen LogP contribution in [-0.4, -0.2) is 44.7 Å². The average Bonchev–Trinajstić information content (AvgIpc) is 3.13. The van der Waals surface area contributed by atoms with E-state index in [9.17, 15) is 18.0 Å². The lowest BCUT2D eigenvalue weighted by Crippen LogP contribution is -2.33. The highest BCUT2D eigenvalue weighted by Gasteiger charge is 2.22. The third kappa shape index (κ3) is 5.52. The van der Waals surface area contributed by atoms with Gasteiger partial charge in [-0.3, -0.25) is 9.59 Å². The number of likely N-dealkylation sites (N-methyl/N-ethyl adjacent to an activating group) is 1. The Kier molecular flexibility index (Phi) is 6.46. The van der Waals surface area contributed by atoms with Gasteiger partial charge in [-0.2, -0.15) is 4.31 Å². The van der Waals surface area contributed by atoms with Gasteiger partial charge in [-0.25, -0.2) is 8.42 Å². The van der Waals surface area contributed by atoms with Crippen LogP contribution in [0.2, 0.25) is 0 Å². The van der Waals surface area contributed by atoms with E-state index in [1.54, 1.807) is 35.2 Å². The molecule has 3 rings (SSSR count). The van der Waals surface area contributed by atoms with Crippen LogP contribution in [0.25, 0.3) is 6.08 Å². The van der Waals surface area contributed by atoms with Crippen LogP contribution in [-0.2, 0) is 19.6 Å². The van der Waals surface area contributed by atoms with Gasteiger partial charge in [0.05, 0.1) is 6.54 Å². The van der Waals surface area contributed by atoms with E-state index in [1.807, 2.05) is 24.3 Å². The van der Waals surface area contributed by atoms with Crippen molar-refractivity contribution in [2.45, 2.75) is 12.8 Å². The molecule has 1 saturated heterocycles. The Labute approximate surface area is 170 Å². The number of anilines is 2. The van der Waals surface area contributed by atoms with Crippen LogP contribution < -0.4 is 10.2 Å². The predicted molar refractivity (Wildman–Crippen MR) is 114 cm³/mol. The van der Waals surface area contributed by atoms with Crippen LogP contribution in [0.4, 0.5) is 11.4 Å². The first kappa shape index (κ1) is 20.8. The van der Waals surface area contributed by atoms with Crippen LogP contribution in [0, 0.1) is 0 Å². The topological polar surface area (TPSA) is 86.8 Å². The van der Waals surface area contributed by atoms with Crippen molar-refractivity contribution in [1.82, 2.24) is 4.31 Å². The number of nitrogens with one attached hydrogen (secondary N) is 1. The minimum Gasteiger partial charge on any atom is -0.325 e. The Hall–Kier alpha value is -2.97. The number of rotatable bonds is 7. The maximum Gasteiger partial charge on any atom is 0.239 e. The molecule has 0 radical (unpaired) electrons. The van der Waals surface area contributed by atoms with E-state index < -0.39 is 15.9 Å². The van der Waals surface area contributed by atoms with Crippen LogP contribution in [0.5, 0.6) is 0 Å². The van der Waals surface area contributed by atoms with E-state index >= 15 is 0 Å². The van der Waals surface area contributed by atoms with Crippen molar-refractivity contribution >= 4 is 39.3 Å². The fraction of sp³-hybridized carbons (Fsp3) is 0.238. The Bertz CT molecular complexity index is 1020. The van der Waals surface area contributed by atoms with Crippen LogP contribution in [0.3, 0.4) is 0 Å². The Morgan fingerprint density at radius 1 is 1.17 bits per heavy atom. The van der Waals surface area contributed by atoms with E-state index in [1.165, 1.54) is 13.1 Å². The molecule has 2 amide bonds. The van der Waals surface area contributed by atoms with Crippen LogP contribution >= 0.6 is 0 Å². The third-order valence-electron chi connectivity index (χ3n) is 4.55. The number of carbonyl (C=O) groups is 2. The normalized spacial score (nSPS) is 14.7. The molecule has 1 aliphatic rings. The fourth-order valence-corrected chi connectivity index (χ4v) is 3.83. The quantitative estimate of drug-likeness (QED) is 0.756. The van der Waals surface area contributed by atoms with Crippen LogP contribution in [0.15, 0.2) is 60.0 Å². The standard InChI is InChI=1S/C21H23N3O4S/c1-23(29(27,28)14-12-17-7-3-2-4-8-17)16-20(25)22-18-9-5-10-19(15-18)24-13-6-11-21(24)26/h2-5,7-10,12,14-15H,6,11,13,16H2,1H3,(H,22,25)/b14-12+. The summed E-state index contributed by atoms with van der Waals surface area (Å²) in [6.07, 6.45) is 2.82. The number of amides is 2. The molecular formula is C21H23N3O4S. The summed E-state index contributed by atoms with van der Waals surface area (Å²) < 4.78 is 25.7. The summed E-state index contributed by atoms with van der Waals surface area (Å²) in [7, 11) is -2.38. The second-order valence-electron chi connectivity index (χ2n) is 6.76. The largest absolute Gasteiger partial charge is 0.325 e. The van der Waals surface area contributed by atoms with Gasteiger partial charge in [-0.15, -0.1) is 0 Å². The summed E-state index contributed by atoms with van der Waals surface area (Å²) in [5.41, 5.74) is 1.98. The maximum atomic E-state index is 12.4. The molecule has 0 spiro atoms. The van der Waals surface area contributed by atoms with E-state index in [4.69, 9.17) is 0 Å². The lowest BCUT2D eigenvalue weighted by atomic mass is 10.2. The van der Waals surface area contributed by atoms with Gasteiger partial charge >= 0.3 is 0 Å². The van der Waals surface area contributed by atoms with E-state index in [0.29, 0.717) is 18.7 Å². The maximum absolute atomic E-state index is 12.4. The first-order valence-electron chi connectivity index (χ1n) is 9.25. The van der Waals surface area contributed by atoms with E-state index in [-0.39, 0.29) is 12.5 Å². The molecule has 0 unspecified atom stereocenters. The second kappa shape index (κ2) is 9.02. The van der Waals surface area contributed by atoms with Gasteiger partial charge in [0.2, 0.25) is 21.8 Å². The molecule has 2 aromatic carbocycles. The summed E-state index contributed by atoms with van der Waals surface area (Å²) in [5.74, 6) is -0.404. The molecule has 0 aromatic heterocycles. The first-order valence-corrected chi connectivity index (χ1v) is 10.8. The lowest BCUT2D eigenvalue weighted by Gasteiger charge is -2.18. The Morgan fingerprint density at radius 3 is 2.62 bits per heavy atom. The monoisotopic (exact) mass is 413 g/mol. The van der Waals surface area contributed by atoms with Gasteiger partial charge in [0.15, 0.2) is 0 Å². The molecule has 7 nitrogen and oxygen atoms in total. The first-order chi connectivity index (χ1) is 13.8. The zero-order valence-electron chi connectivity index (χ0n) is 16.1. The van der Waals surface area contributed by atoms with Crippen molar-refractivity contribution in [2.75, 3.05) is 30.4 Å². The molecular weight excluding hydrogens is 390 g/mol. The summed E-state index contributed by atoms with van der Waals surface area (Å²) in [5, 5.41) is 3.77. The lowest BCUT2D eigenvalue weighted by molar-refractivity contribution is -0.117. The van der Waals surface area contributed by atoms with Crippen LogP contribution in [0.1, 0.15) is 18.4 Å². The number of nitrogens with zero attached hydrogens (tertiary/aromatic N) is 2. The number of hydrogen-bond donors (Lipinski definition) is 1. The molecule has 1 heterocycles. The summed E-state index contributed by atoms with van der Waals surface area (Å²) in [6.45, 7) is 0.333. The molecule has 1 aliphatic heterocycles. The van der Waals surface area contributed by atoms with E-state index in [2.05, 4.69) is 5.32 Å².